The van der Waals surface area contributed by atoms with Gasteiger partial charge in [-0.3, -0.25) is 4.79 Å². The minimum Gasteiger partial charge on any atom is -0.359 e. The monoisotopic (exact) mass is 267 g/mol. The summed E-state index contributed by atoms with van der Waals surface area (Å²) in [6.45, 7) is 9.64. The fourth-order valence-corrected chi connectivity index (χ4v) is 1.71. The van der Waals surface area contributed by atoms with Gasteiger partial charge in [0.05, 0.1) is 6.54 Å². The molecule has 0 atom stereocenters. The summed E-state index contributed by atoms with van der Waals surface area (Å²) in [7, 11) is 0. The van der Waals surface area contributed by atoms with Crippen LogP contribution in [0.25, 0.3) is 0 Å². The molecular formula is C14H25N3O2. The molecule has 5 heteroatoms. The van der Waals surface area contributed by atoms with Crippen molar-refractivity contribution in [3.05, 3.63) is 17.5 Å². The van der Waals surface area contributed by atoms with E-state index in [9.17, 15) is 4.79 Å². The standard InChI is InChI=1S/C14H25N3O2/c1-5-11(6-2)15-9-12-7-13(17-19-12)14(18)16-8-10(3)4/h7,10-11,15H,5-6,8-9H2,1-4H3,(H,16,18). The maximum Gasteiger partial charge on any atom is 0.273 e. The van der Waals surface area contributed by atoms with E-state index in [1.54, 1.807) is 6.07 Å². The average Bonchev–Trinajstić information content (AvgIpc) is 2.86. The van der Waals surface area contributed by atoms with Crippen molar-refractivity contribution in [2.75, 3.05) is 6.54 Å². The summed E-state index contributed by atoms with van der Waals surface area (Å²) in [5, 5.41) is 9.99. The van der Waals surface area contributed by atoms with Gasteiger partial charge in [-0.2, -0.15) is 0 Å². The second kappa shape index (κ2) is 7.94. The molecule has 0 aliphatic rings. The molecule has 0 fully saturated rings. The number of aromatic nitrogens is 1. The van der Waals surface area contributed by atoms with Crippen molar-refractivity contribution in [3.63, 3.8) is 0 Å². The molecule has 1 aromatic rings. The van der Waals surface area contributed by atoms with E-state index < -0.39 is 0 Å². The van der Waals surface area contributed by atoms with E-state index in [-0.39, 0.29) is 5.91 Å². The van der Waals surface area contributed by atoms with Gasteiger partial charge in [0.25, 0.3) is 5.91 Å². The summed E-state index contributed by atoms with van der Waals surface area (Å²) in [6, 6.07) is 2.17. The maximum absolute atomic E-state index is 11.8. The van der Waals surface area contributed by atoms with Gasteiger partial charge < -0.3 is 15.2 Å². The van der Waals surface area contributed by atoms with Crippen LogP contribution in [0.5, 0.6) is 0 Å². The van der Waals surface area contributed by atoms with Crippen LogP contribution in [0.2, 0.25) is 0 Å². The van der Waals surface area contributed by atoms with E-state index in [0.29, 0.717) is 36.5 Å². The number of rotatable bonds is 8. The van der Waals surface area contributed by atoms with E-state index in [4.69, 9.17) is 4.52 Å². The molecule has 19 heavy (non-hydrogen) atoms. The molecule has 0 aliphatic carbocycles. The molecule has 0 bridgehead atoms. The van der Waals surface area contributed by atoms with E-state index in [0.717, 1.165) is 12.8 Å². The molecule has 5 nitrogen and oxygen atoms in total. The number of carbonyl (C=O) groups excluding carboxylic acids is 1. The van der Waals surface area contributed by atoms with Gasteiger partial charge in [-0.15, -0.1) is 0 Å². The first-order valence-corrected chi connectivity index (χ1v) is 7.03. The van der Waals surface area contributed by atoms with Gasteiger partial charge in [-0.05, 0) is 18.8 Å². The smallest absolute Gasteiger partial charge is 0.273 e. The van der Waals surface area contributed by atoms with Crippen molar-refractivity contribution in [3.8, 4) is 0 Å². The molecule has 0 radical (unpaired) electrons. The summed E-state index contributed by atoms with van der Waals surface area (Å²) in [5.41, 5.74) is 0.349. The summed E-state index contributed by atoms with van der Waals surface area (Å²) >= 11 is 0. The highest BCUT2D eigenvalue weighted by molar-refractivity contribution is 5.92. The predicted molar refractivity (Wildman–Crippen MR) is 74.9 cm³/mol. The summed E-state index contributed by atoms with van der Waals surface area (Å²) in [6.07, 6.45) is 2.15. The fourth-order valence-electron chi connectivity index (χ4n) is 1.71. The summed E-state index contributed by atoms with van der Waals surface area (Å²) in [5.74, 6) is 0.944. The van der Waals surface area contributed by atoms with Crippen LogP contribution in [-0.2, 0) is 6.54 Å². The lowest BCUT2D eigenvalue weighted by molar-refractivity contribution is 0.0940. The Balaban J connectivity index is 2.45. The topological polar surface area (TPSA) is 67.2 Å². The van der Waals surface area contributed by atoms with Crippen LogP contribution in [0.4, 0.5) is 0 Å². The third-order valence-electron chi connectivity index (χ3n) is 3.01. The Kier molecular flexibility index (Phi) is 6.56. The Labute approximate surface area is 115 Å². The number of nitrogens with zero attached hydrogens (tertiary/aromatic N) is 1. The van der Waals surface area contributed by atoms with E-state index in [1.165, 1.54) is 0 Å². The van der Waals surface area contributed by atoms with E-state index >= 15 is 0 Å². The van der Waals surface area contributed by atoms with Gasteiger partial charge in [-0.25, -0.2) is 0 Å². The number of nitrogens with one attached hydrogen (secondary N) is 2. The van der Waals surface area contributed by atoms with E-state index in [2.05, 4.69) is 29.6 Å². The second-order valence-electron chi connectivity index (χ2n) is 5.18. The third-order valence-corrected chi connectivity index (χ3v) is 3.01. The molecular weight excluding hydrogens is 242 g/mol. The zero-order valence-corrected chi connectivity index (χ0v) is 12.3. The minimum absolute atomic E-state index is 0.175. The average molecular weight is 267 g/mol. The lowest BCUT2D eigenvalue weighted by Crippen LogP contribution is -2.27. The Morgan fingerprint density at radius 3 is 2.63 bits per heavy atom. The second-order valence-corrected chi connectivity index (χ2v) is 5.18. The third kappa shape index (κ3) is 5.42. The zero-order valence-electron chi connectivity index (χ0n) is 12.3. The maximum atomic E-state index is 11.8. The van der Waals surface area contributed by atoms with Gasteiger partial charge in [0.1, 0.15) is 0 Å². The highest BCUT2D eigenvalue weighted by atomic mass is 16.5. The first kappa shape index (κ1) is 15.7. The minimum atomic E-state index is -0.175. The van der Waals surface area contributed by atoms with Gasteiger partial charge in [0.15, 0.2) is 11.5 Å². The zero-order chi connectivity index (χ0) is 14.3. The molecule has 0 aliphatic heterocycles. The first-order valence-electron chi connectivity index (χ1n) is 7.03. The molecule has 1 rings (SSSR count). The largest absolute Gasteiger partial charge is 0.359 e. The van der Waals surface area contributed by atoms with Gasteiger partial charge >= 0.3 is 0 Å². The van der Waals surface area contributed by atoms with Crippen molar-refractivity contribution in [1.82, 2.24) is 15.8 Å². The Bertz CT molecular complexity index is 384. The first-order chi connectivity index (χ1) is 9.06. The Morgan fingerprint density at radius 2 is 2.05 bits per heavy atom. The quantitative estimate of drug-likeness (QED) is 0.758. The Morgan fingerprint density at radius 1 is 1.37 bits per heavy atom. The fraction of sp³-hybridized carbons (Fsp3) is 0.714. The van der Waals surface area contributed by atoms with Crippen LogP contribution in [0.1, 0.15) is 56.8 Å². The van der Waals surface area contributed by atoms with Crippen molar-refractivity contribution in [2.24, 2.45) is 5.92 Å². The molecule has 1 amide bonds. The predicted octanol–water partition coefficient (Wildman–Crippen LogP) is 2.34. The van der Waals surface area contributed by atoms with Crippen LogP contribution in [0.15, 0.2) is 10.6 Å². The SMILES string of the molecule is CCC(CC)NCc1cc(C(=O)NCC(C)C)no1. The number of hydrogen-bond donors (Lipinski definition) is 2. The van der Waals surface area contributed by atoms with Crippen molar-refractivity contribution < 1.29 is 9.32 Å². The number of carbonyl (C=O) groups is 1. The van der Waals surface area contributed by atoms with E-state index in [1.807, 2.05) is 13.8 Å². The molecule has 0 saturated carbocycles. The van der Waals surface area contributed by atoms with Crippen LogP contribution < -0.4 is 10.6 Å². The number of hydrogen-bond acceptors (Lipinski definition) is 4. The molecule has 0 spiro atoms. The van der Waals surface area contributed by atoms with Gasteiger partial charge in [-0.1, -0.05) is 32.9 Å². The van der Waals surface area contributed by atoms with Gasteiger partial charge in [0.2, 0.25) is 0 Å². The molecule has 1 heterocycles. The molecule has 1 aromatic heterocycles. The van der Waals surface area contributed by atoms with Crippen LogP contribution >= 0.6 is 0 Å². The number of amides is 1. The molecule has 0 unspecified atom stereocenters. The lowest BCUT2D eigenvalue weighted by atomic mass is 10.2. The summed E-state index contributed by atoms with van der Waals surface area (Å²) < 4.78 is 5.16. The van der Waals surface area contributed by atoms with Crippen molar-refractivity contribution in [1.29, 1.82) is 0 Å². The Hall–Kier alpha value is -1.36. The van der Waals surface area contributed by atoms with Crippen LogP contribution in [0.3, 0.4) is 0 Å². The summed E-state index contributed by atoms with van der Waals surface area (Å²) in [4.78, 5) is 11.8. The molecule has 0 aromatic carbocycles. The lowest BCUT2D eigenvalue weighted by Gasteiger charge is -2.12. The van der Waals surface area contributed by atoms with Crippen molar-refractivity contribution >= 4 is 5.91 Å². The van der Waals surface area contributed by atoms with Crippen LogP contribution in [-0.4, -0.2) is 23.7 Å². The molecule has 0 saturated heterocycles. The normalized spacial score (nSPS) is 11.3. The highest BCUT2D eigenvalue weighted by Gasteiger charge is 2.13. The molecule has 108 valence electrons. The van der Waals surface area contributed by atoms with Crippen LogP contribution in [0, 0.1) is 5.92 Å². The van der Waals surface area contributed by atoms with Crippen molar-refractivity contribution in [2.45, 2.75) is 53.1 Å². The van der Waals surface area contributed by atoms with Gasteiger partial charge in [0, 0.05) is 18.7 Å². The molecule has 2 N–H and O–H groups in total. The highest BCUT2D eigenvalue weighted by Crippen LogP contribution is 2.05.